The number of nitrogens with zero attached hydrogens (tertiary/aromatic N) is 1. The van der Waals surface area contributed by atoms with Gasteiger partial charge >= 0.3 is 0 Å². The number of aliphatic hydroxyl groups is 1. The normalized spacial score (nSPS) is 18.0. The Morgan fingerprint density at radius 3 is 1.80 bits per heavy atom. The molecule has 0 saturated carbocycles. The molecule has 3 N–H and O–H groups in total. The second-order valence-corrected chi connectivity index (χ2v) is 6.25. The van der Waals surface area contributed by atoms with Gasteiger partial charge in [-0.3, -0.25) is 4.90 Å². The molecule has 2 unspecified atom stereocenters. The molecule has 0 fully saturated rings. The lowest BCUT2D eigenvalue weighted by Gasteiger charge is -2.47. The Kier molecular flexibility index (Phi) is 4.77. The van der Waals surface area contributed by atoms with Crippen LogP contribution in [0.2, 0.25) is 0 Å². The van der Waals surface area contributed by atoms with Crippen LogP contribution < -0.4 is 5.73 Å². The van der Waals surface area contributed by atoms with Crippen molar-refractivity contribution >= 4 is 0 Å². The van der Waals surface area contributed by atoms with Crippen molar-refractivity contribution in [3.63, 3.8) is 0 Å². The molecule has 0 aromatic heterocycles. The van der Waals surface area contributed by atoms with E-state index in [9.17, 15) is 5.11 Å². The van der Waals surface area contributed by atoms with Crippen molar-refractivity contribution in [3.8, 4) is 0 Å². The van der Waals surface area contributed by atoms with Crippen LogP contribution in [0.1, 0.15) is 41.5 Å². The average Bonchev–Trinajstić information content (AvgIpc) is 2.00. The minimum Gasteiger partial charge on any atom is -0.394 e. The molecule has 0 aliphatic rings. The lowest BCUT2D eigenvalue weighted by atomic mass is 9.80. The largest absolute Gasteiger partial charge is 0.394 e. The highest BCUT2D eigenvalue weighted by atomic mass is 16.3. The van der Waals surface area contributed by atoms with Crippen molar-refractivity contribution in [2.45, 2.75) is 59.2 Å². The minimum atomic E-state index is -0.231. The van der Waals surface area contributed by atoms with E-state index in [1.54, 1.807) is 0 Å². The summed E-state index contributed by atoms with van der Waals surface area (Å²) in [7, 11) is 2.04. The quantitative estimate of drug-likeness (QED) is 0.748. The van der Waals surface area contributed by atoms with Gasteiger partial charge in [0.15, 0.2) is 0 Å². The summed E-state index contributed by atoms with van der Waals surface area (Å²) < 4.78 is 0. The Bertz CT molecular complexity index is 194. The van der Waals surface area contributed by atoms with E-state index in [1.807, 2.05) is 27.8 Å². The Balaban J connectivity index is 4.96. The standard InChI is InChI=1S/C12H28N2O/c1-9(13)10(11(2,3)4)14(7)12(5,6)8-15/h9-10,15H,8,13H2,1-7H3. The maximum atomic E-state index is 9.38. The van der Waals surface area contributed by atoms with E-state index in [-0.39, 0.29) is 29.6 Å². The van der Waals surface area contributed by atoms with Gasteiger partial charge in [-0.15, -0.1) is 0 Å². The van der Waals surface area contributed by atoms with Crippen molar-refractivity contribution < 1.29 is 5.11 Å². The van der Waals surface area contributed by atoms with Crippen LogP contribution in [0, 0.1) is 5.41 Å². The third-order valence-electron chi connectivity index (χ3n) is 3.14. The number of hydrogen-bond acceptors (Lipinski definition) is 3. The molecule has 0 aromatic rings. The SMILES string of the molecule is CC(N)C(N(C)C(C)(C)CO)C(C)(C)C. The molecule has 2 atom stereocenters. The molecule has 0 aromatic carbocycles. The van der Waals surface area contributed by atoms with Gasteiger partial charge in [0.25, 0.3) is 0 Å². The summed E-state index contributed by atoms with van der Waals surface area (Å²) in [6.07, 6.45) is 0. The second kappa shape index (κ2) is 4.81. The van der Waals surface area contributed by atoms with Crippen molar-refractivity contribution in [1.82, 2.24) is 4.90 Å². The lowest BCUT2D eigenvalue weighted by molar-refractivity contribution is -0.00477. The topological polar surface area (TPSA) is 49.5 Å². The molecular formula is C12H28N2O. The maximum Gasteiger partial charge on any atom is 0.0610 e. The monoisotopic (exact) mass is 216 g/mol. The molecule has 0 amide bonds. The highest BCUT2D eigenvalue weighted by Gasteiger charge is 2.37. The van der Waals surface area contributed by atoms with E-state index in [2.05, 4.69) is 25.7 Å². The van der Waals surface area contributed by atoms with Gasteiger partial charge in [-0.05, 0) is 33.2 Å². The van der Waals surface area contributed by atoms with Crippen LogP contribution in [0.15, 0.2) is 0 Å². The predicted octanol–water partition coefficient (Wildman–Crippen LogP) is 1.45. The first kappa shape index (κ1) is 14.9. The molecule has 0 rings (SSSR count). The first-order valence-electron chi connectivity index (χ1n) is 5.63. The molecule has 0 radical (unpaired) electrons. The first-order chi connectivity index (χ1) is 6.54. The second-order valence-electron chi connectivity index (χ2n) is 6.25. The van der Waals surface area contributed by atoms with Gasteiger partial charge in [-0.1, -0.05) is 20.8 Å². The fourth-order valence-electron chi connectivity index (χ4n) is 2.21. The fraction of sp³-hybridized carbons (Fsp3) is 1.00. The van der Waals surface area contributed by atoms with Crippen LogP contribution in [-0.2, 0) is 0 Å². The molecule has 92 valence electrons. The van der Waals surface area contributed by atoms with E-state index in [0.29, 0.717) is 0 Å². The van der Waals surface area contributed by atoms with Crippen LogP contribution in [0.25, 0.3) is 0 Å². The van der Waals surface area contributed by atoms with Crippen molar-refractivity contribution in [2.75, 3.05) is 13.7 Å². The summed E-state index contributed by atoms with van der Waals surface area (Å²) in [5, 5.41) is 9.38. The summed E-state index contributed by atoms with van der Waals surface area (Å²) in [5.74, 6) is 0. The molecule has 0 bridgehead atoms. The first-order valence-corrected chi connectivity index (χ1v) is 5.63. The highest BCUT2D eigenvalue weighted by molar-refractivity contribution is 4.93. The zero-order valence-corrected chi connectivity index (χ0v) is 11.3. The van der Waals surface area contributed by atoms with E-state index >= 15 is 0 Å². The van der Waals surface area contributed by atoms with Gasteiger partial charge in [-0.2, -0.15) is 0 Å². The summed E-state index contributed by atoms with van der Waals surface area (Å²) in [4.78, 5) is 2.19. The fourth-order valence-corrected chi connectivity index (χ4v) is 2.21. The third-order valence-corrected chi connectivity index (χ3v) is 3.14. The van der Waals surface area contributed by atoms with Crippen LogP contribution >= 0.6 is 0 Å². The minimum absolute atomic E-state index is 0.0841. The van der Waals surface area contributed by atoms with Gasteiger partial charge in [0.2, 0.25) is 0 Å². The van der Waals surface area contributed by atoms with Crippen LogP contribution in [0.3, 0.4) is 0 Å². The molecule has 0 aliphatic carbocycles. The third kappa shape index (κ3) is 3.74. The average molecular weight is 216 g/mol. The van der Waals surface area contributed by atoms with Gasteiger partial charge in [0.1, 0.15) is 0 Å². The van der Waals surface area contributed by atoms with Crippen molar-refractivity contribution in [3.05, 3.63) is 0 Å². The van der Waals surface area contributed by atoms with Crippen LogP contribution in [0.5, 0.6) is 0 Å². The van der Waals surface area contributed by atoms with E-state index in [0.717, 1.165) is 0 Å². The van der Waals surface area contributed by atoms with Crippen molar-refractivity contribution in [2.24, 2.45) is 11.1 Å². The van der Waals surface area contributed by atoms with Crippen molar-refractivity contribution in [1.29, 1.82) is 0 Å². The zero-order chi connectivity index (χ0) is 12.4. The molecule has 3 nitrogen and oxygen atoms in total. The predicted molar refractivity (Wildman–Crippen MR) is 65.8 cm³/mol. The number of rotatable bonds is 4. The van der Waals surface area contributed by atoms with E-state index in [1.165, 1.54) is 0 Å². The van der Waals surface area contributed by atoms with Crippen LogP contribution in [0.4, 0.5) is 0 Å². The Morgan fingerprint density at radius 1 is 1.20 bits per heavy atom. The molecule has 15 heavy (non-hydrogen) atoms. The summed E-state index contributed by atoms with van der Waals surface area (Å²) in [5.41, 5.74) is 5.93. The van der Waals surface area contributed by atoms with Gasteiger partial charge in [-0.25, -0.2) is 0 Å². The summed E-state index contributed by atoms with van der Waals surface area (Å²) >= 11 is 0. The van der Waals surface area contributed by atoms with Gasteiger partial charge < -0.3 is 10.8 Å². The smallest absolute Gasteiger partial charge is 0.0610 e. The molecule has 3 heteroatoms. The molecule has 0 saturated heterocycles. The van der Waals surface area contributed by atoms with Gasteiger partial charge in [0, 0.05) is 17.6 Å². The lowest BCUT2D eigenvalue weighted by Crippen LogP contribution is -2.60. The summed E-state index contributed by atoms with van der Waals surface area (Å²) in [6.45, 7) is 12.8. The van der Waals surface area contributed by atoms with E-state index < -0.39 is 0 Å². The highest BCUT2D eigenvalue weighted by Crippen LogP contribution is 2.29. The number of aliphatic hydroxyl groups excluding tert-OH is 1. The molecule has 0 spiro atoms. The molecular weight excluding hydrogens is 188 g/mol. The molecule has 0 heterocycles. The summed E-state index contributed by atoms with van der Waals surface area (Å²) in [6, 6.07) is 0.334. The van der Waals surface area contributed by atoms with Crippen LogP contribution in [-0.4, -0.2) is 41.3 Å². The number of hydrogen-bond donors (Lipinski definition) is 2. The Morgan fingerprint density at radius 2 is 1.60 bits per heavy atom. The Hall–Kier alpha value is -0.120. The maximum absolute atomic E-state index is 9.38. The van der Waals surface area contributed by atoms with E-state index in [4.69, 9.17) is 5.73 Å². The van der Waals surface area contributed by atoms with Gasteiger partial charge in [0.05, 0.1) is 6.61 Å². The number of likely N-dealkylation sites (N-methyl/N-ethyl adjacent to an activating group) is 1. The zero-order valence-electron chi connectivity index (χ0n) is 11.3. The Labute approximate surface area is 94.6 Å². The molecule has 0 aliphatic heterocycles. The number of nitrogens with two attached hydrogens (primary N) is 1.